The van der Waals surface area contributed by atoms with Crippen molar-refractivity contribution in [3.05, 3.63) is 22.4 Å². The Bertz CT molecular complexity index is 402. The van der Waals surface area contributed by atoms with Gasteiger partial charge in [-0.3, -0.25) is 4.79 Å². The van der Waals surface area contributed by atoms with Crippen molar-refractivity contribution in [2.24, 2.45) is 0 Å². The molecule has 0 saturated carbocycles. The lowest BCUT2D eigenvalue weighted by Gasteiger charge is -2.12. The number of unbranched alkanes of at least 4 members (excludes halogenated alkanes) is 3. The molecule has 4 nitrogen and oxygen atoms in total. The van der Waals surface area contributed by atoms with Crippen LogP contribution in [0.1, 0.15) is 56.1 Å². The van der Waals surface area contributed by atoms with Crippen LogP contribution in [0.15, 0.2) is 16.7 Å². The standard InChI is InChI=1S/C14H23BrN2O2/c1-11(2)17-10-12(15)9-13(17)14(19)16-7-5-3-4-6-8-18/h9-11,18H,3-8H2,1-2H3,(H,16,19). The SMILES string of the molecule is CC(C)n1cc(Br)cc1C(=O)NCCCCCCO. The van der Waals surface area contributed by atoms with Gasteiger partial charge in [0.15, 0.2) is 0 Å². The van der Waals surface area contributed by atoms with Crippen LogP contribution < -0.4 is 5.32 Å². The number of aliphatic hydroxyl groups excluding tert-OH is 1. The first-order chi connectivity index (χ1) is 9.06. The first-order valence-electron chi connectivity index (χ1n) is 6.82. The van der Waals surface area contributed by atoms with Crippen LogP contribution in [0.3, 0.4) is 0 Å². The highest BCUT2D eigenvalue weighted by Gasteiger charge is 2.14. The van der Waals surface area contributed by atoms with E-state index in [2.05, 4.69) is 35.1 Å². The van der Waals surface area contributed by atoms with E-state index >= 15 is 0 Å². The summed E-state index contributed by atoms with van der Waals surface area (Å²) in [4.78, 5) is 12.1. The average Bonchev–Trinajstić information content (AvgIpc) is 2.76. The first-order valence-corrected chi connectivity index (χ1v) is 7.62. The van der Waals surface area contributed by atoms with Crippen LogP contribution in [0.2, 0.25) is 0 Å². The summed E-state index contributed by atoms with van der Waals surface area (Å²) >= 11 is 3.41. The maximum absolute atomic E-state index is 12.1. The summed E-state index contributed by atoms with van der Waals surface area (Å²) in [6, 6.07) is 2.11. The Hall–Kier alpha value is -0.810. The molecule has 1 aromatic heterocycles. The van der Waals surface area contributed by atoms with Crippen LogP contribution in [0.5, 0.6) is 0 Å². The van der Waals surface area contributed by atoms with E-state index < -0.39 is 0 Å². The third-order valence-corrected chi connectivity index (χ3v) is 3.41. The third-order valence-electron chi connectivity index (χ3n) is 2.97. The molecule has 1 aromatic rings. The van der Waals surface area contributed by atoms with Gasteiger partial charge in [-0.05, 0) is 48.7 Å². The Morgan fingerprint density at radius 3 is 2.68 bits per heavy atom. The van der Waals surface area contributed by atoms with Gasteiger partial charge in [-0.25, -0.2) is 0 Å². The molecule has 0 aliphatic heterocycles. The molecular formula is C14H23BrN2O2. The molecule has 0 spiro atoms. The molecule has 5 heteroatoms. The molecule has 0 fully saturated rings. The van der Waals surface area contributed by atoms with Gasteiger partial charge in [0.25, 0.3) is 5.91 Å². The molecule has 0 aromatic carbocycles. The Morgan fingerprint density at radius 2 is 2.05 bits per heavy atom. The highest BCUT2D eigenvalue weighted by molar-refractivity contribution is 9.10. The second-order valence-corrected chi connectivity index (χ2v) is 5.85. The molecule has 0 bridgehead atoms. The minimum absolute atomic E-state index is 0.0263. The average molecular weight is 331 g/mol. The van der Waals surface area contributed by atoms with Crippen LogP contribution >= 0.6 is 15.9 Å². The van der Waals surface area contributed by atoms with Crippen molar-refractivity contribution in [3.63, 3.8) is 0 Å². The quantitative estimate of drug-likeness (QED) is 0.719. The normalized spacial score (nSPS) is 11.0. The van der Waals surface area contributed by atoms with Gasteiger partial charge in [-0.15, -0.1) is 0 Å². The molecule has 108 valence electrons. The van der Waals surface area contributed by atoms with E-state index in [0.29, 0.717) is 12.2 Å². The molecule has 0 saturated heterocycles. The predicted molar refractivity (Wildman–Crippen MR) is 80.4 cm³/mol. The zero-order valence-electron chi connectivity index (χ0n) is 11.7. The van der Waals surface area contributed by atoms with Crippen LogP contribution in [-0.2, 0) is 0 Å². The lowest BCUT2D eigenvalue weighted by Crippen LogP contribution is -2.27. The zero-order chi connectivity index (χ0) is 14.3. The third kappa shape index (κ3) is 5.37. The summed E-state index contributed by atoms with van der Waals surface area (Å²) in [6.07, 6.45) is 5.78. The van der Waals surface area contributed by atoms with Crippen molar-refractivity contribution >= 4 is 21.8 Å². The molecule has 1 amide bonds. The number of carbonyl (C=O) groups excluding carboxylic acids is 1. The zero-order valence-corrected chi connectivity index (χ0v) is 13.2. The number of rotatable bonds is 8. The number of hydrogen-bond donors (Lipinski definition) is 2. The minimum Gasteiger partial charge on any atom is -0.396 e. The van der Waals surface area contributed by atoms with Gasteiger partial charge >= 0.3 is 0 Å². The summed E-state index contributed by atoms with van der Waals surface area (Å²) in [5.41, 5.74) is 0.692. The Morgan fingerprint density at radius 1 is 1.37 bits per heavy atom. The van der Waals surface area contributed by atoms with E-state index in [-0.39, 0.29) is 18.6 Å². The van der Waals surface area contributed by atoms with Gasteiger partial charge in [0.05, 0.1) is 0 Å². The van der Waals surface area contributed by atoms with E-state index in [1.807, 2.05) is 16.8 Å². The fraction of sp³-hybridized carbons (Fsp3) is 0.643. The van der Waals surface area contributed by atoms with Gasteiger partial charge in [-0.2, -0.15) is 0 Å². The second kappa shape index (κ2) is 8.38. The van der Waals surface area contributed by atoms with Gasteiger partial charge in [-0.1, -0.05) is 12.8 Å². The Labute approximate surface area is 123 Å². The van der Waals surface area contributed by atoms with E-state index in [1.165, 1.54) is 0 Å². The van der Waals surface area contributed by atoms with Crippen molar-refractivity contribution in [2.75, 3.05) is 13.2 Å². The van der Waals surface area contributed by atoms with Gasteiger partial charge in [0.1, 0.15) is 5.69 Å². The predicted octanol–water partition coefficient (Wildman–Crippen LogP) is 3.11. The second-order valence-electron chi connectivity index (χ2n) is 4.94. The monoisotopic (exact) mass is 330 g/mol. The maximum Gasteiger partial charge on any atom is 0.267 e. The van der Waals surface area contributed by atoms with Crippen LogP contribution in [0.25, 0.3) is 0 Å². The summed E-state index contributed by atoms with van der Waals surface area (Å²) in [5, 5.41) is 11.6. The largest absolute Gasteiger partial charge is 0.396 e. The highest BCUT2D eigenvalue weighted by atomic mass is 79.9. The van der Waals surface area contributed by atoms with Gasteiger partial charge in [0, 0.05) is 29.9 Å². The van der Waals surface area contributed by atoms with Crippen LogP contribution in [0, 0.1) is 0 Å². The molecule has 1 heterocycles. The lowest BCUT2D eigenvalue weighted by atomic mass is 10.2. The van der Waals surface area contributed by atoms with Crippen molar-refractivity contribution in [3.8, 4) is 0 Å². The topological polar surface area (TPSA) is 54.3 Å². The van der Waals surface area contributed by atoms with Crippen LogP contribution in [0.4, 0.5) is 0 Å². The number of nitrogens with zero attached hydrogens (tertiary/aromatic N) is 1. The molecule has 0 unspecified atom stereocenters. The Balaban J connectivity index is 2.41. The number of halogens is 1. The van der Waals surface area contributed by atoms with E-state index in [0.717, 1.165) is 30.2 Å². The summed E-state index contributed by atoms with van der Waals surface area (Å²) in [5.74, 6) is -0.0263. The fourth-order valence-corrected chi connectivity index (χ4v) is 2.38. The van der Waals surface area contributed by atoms with Crippen LogP contribution in [-0.4, -0.2) is 28.7 Å². The molecule has 2 N–H and O–H groups in total. The van der Waals surface area contributed by atoms with Gasteiger partial charge in [0.2, 0.25) is 0 Å². The highest BCUT2D eigenvalue weighted by Crippen LogP contribution is 2.19. The minimum atomic E-state index is -0.0263. The number of aliphatic hydroxyl groups is 1. The molecule has 0 aliphatic rings. The number of aromatic nitrogens is 1. The number of carbonyl (C=O) groups is 1. The maximum atomic E-state index is 12.1. The van der Waals surface area contributed by atoms with Crippen molar-refractivity contribution < 1.29 is 9.90 Å². The van der Waals surface area contributed by atoms with Crippen molar-refractivity contribution in [1.29, 1.82) is 0 Å². The van der Waals surface area contributed by atoms with E-state index in [4.69, 9.17) is 5.11 Å². The van der Waals surface area contributed by atoms with E-state index in [9.17, 15) is 4.79 Å². The van der Waals surface area contributed by atoms with E-state index in [1.54, 1.807) is 0 Å². The molecule has 0 atom stereocenters. The molecule has 0 aliphatic carbocycles. The first kappa shape index (κ1) is 16.2. The number of hydrogen-bond acceptors (Lipinski definition) is 2. The Kier molecular flexibility index (Phi) is 7.16. The summed E-state index contributed by atoms with van der Waals surface area (Å²) < 4.78 is 2.89. The van der Waals surface area contributed by atoms with Crippen molar-refractivity contribution in [1.82, 2.24) is 9.88 Å². The molecule has 1 rings (SSSR count). The molecule has 19 heavy (non-hydrogen) atoms. The summed E-state index contributed by atoms with van der Waals surface area (Å²) in [7, 11) is 0. The molecular weight excluding hydrogens is 308 g/mol. The van der Waals surface area contributed by atoms with Crippen molar-refractivity contribution in [2.45, 2.75) is 45.6 Å². The smallest absolute Gasteiger partial charge is 0.267 e. The molecule has 0 radical (unpaired) electrons. The van der Waals surface area contributed by atoms with Gasteiger partial charge < -0.3 is 15.0 Å². The number of nitrogens with one attached hydrogen (secondary N) is 1. The summed E-state index contributed by atoms with van der Waals surface area (Å²) in [6.45, 7) is 5.05. The fourth-order valence-electron chi connectivity index (χ4n) is 1.94. The number of amides is 1. The lowest BCUT2D eigenvalue weighted by molar-refractivity contribution is 0.0942.